The van der Waals surface area contributed by atoms with E-state index in [0.29, 0.717) is 41.3 Å². The summed E-state index contributed by atoms with van der Waals surface area (Å²) in [6, 6.07) is 13.9. The normalized spacial score (nSPS) is 18.4. The number of ether oxygens (including phenoxy) is 2. The van der Waals surface area contributed by atoms with Crippen LogP contribution in [0, 0.1) is 0 Å². The molecule has 2 aliphatic rings. The molecule has 0 aliphatic carbocycles. The number of piperazine rings is 1. The minimum absolute atomic E-state index is 0.0484. The van der Waals surface area contributed by atoms with Crippen molar-refractivity contribution in [1.82, 2.24) is 15.5 Å². The second kappa shape index (κ2) is 11.3. The van der Waals surface area contributed by atoms with Gasteiger partial charge in [-0.15, -0.1) is 0 Å². The van der Waals surface area contributed by atoms with Crippen LogP contribution in [-0.4, -0.2) is 69.1 Å². The largest absolute Gasteiger partial charge is 0.494 e. The van der Waals surface area contributed by atoms with Crippen LogP contribution < -0.4 is 20.3 Å². The maximum absolute atomic E-state index is 12.9. The minimum Gasteiger partial charge on any atom is -0.494 e. The Balaban J connectivity index is 1.54. The summed E-state index contributed by atoms with van der Waals surface area (Å²) in [5.41, 5.74) is 3.36. The van der Waals surface area contributed by atoms with Gasteiger partial charge in [-0.2, -0.15) is 0 Å². The Bertz CT molecular complexity index is 1150. The van der Waals surface area contributed by atoms with Gasteiger partial charge in [-0.05, 0) is 44.2 Å². The molecule has 0 aromatic heterocycles. The Morgan fingerprint density at radius 2 is 1.72 bits per heavy atom. The molecule has 1 saturated heterocycles. The van der Waals surface area contributed by atoms with Crippen LogP contribution in [-0.2, 0) is 9.53 Å². The van der Waals surface area contributed by atoms with Crippen LogP contribution in [0.3, 0.4) is 0 Å². The Labute approximate surface area is 211 Å². The van der Waals surface area contributed by atoms with Crippen molar-refractivity contribution >= 4 is 23.5 Å². The first-order valence-corrected chi connectivity index (χ1v) is 12.1. The predicted octanol–water partition coefficient (Wildman–Crippen LogP) is 2.89. The highest BCUT2D eigenvalue weighted by Gasteiger charge is 2.35. The monoisotopic (exact) mass is 492 g/mol. The highest BCUT2D eigenvalue weighted by atomic mass is 16.5. The fraction of sp³-hybridized carbons (Fsp3) is 0.370. The molecule has 4 rings (SSSR count). The number of anilines is 1. The molecule has 9 nitrogen and oxygen atoms in total. The van der Waals surface area contributed by atoms with Gasteiger partial charge in [-0.25, -0.2) is 9.59 Å². The molecule has 190 valence electrons. The first-order chi connectivity index (χ1) is 17.4. The summed E-state index contributed by atoms with van der Waals surface area (Å²) in [6.07, 6.45) is 0. The van der Waals surface area contributed by atoms with E-state index in [1.165, 1.54) is 7.11 Å². The van der Waals surface area contributed by atoms with Crippen LogP contribution in [0.4, 0.5) is 10.5 Å². The maximum atomic E-state index is 12.9. The average Bonchev–Trinajstić information content (AvgIpc) is 2.89. The van der Waals surface area contributed by atoms with E-state index in [9.17, 15) is 14.4 Å². The van der Waals surface area contributed by atoms with Crippen LogP contribution in [0.1, 0.15) is 35.8 Å². The number of carbonyl (C=O) groups is 3. The number of nitrogens with zero attached hydrogens (tertiary/aromatic N) is 2. The SMILES string of the molecule is CCOc1ccccc1[C@H]1NC(=O)NC(CN2CCN(c3ccc(C(C)=O)cc3)CC2)=C1C(=O)OC. The molecular formula is C27H32N4O5. The van der Waals surface area contributed by atoms with Gasteiger partial charge in [0.05, 0.1) is 25.3 Å². The van der Waals surface area contributed by atoms with Gasteiger partial charge in [-0.3, -0.25) is 9.69 Å². The molecule has 36 heavy (non-hydrogen) atoms. The molecule has 2 N–H and O–H groups in total. The minimum atomic E-state index is -0.690. The van der Waals surface area contributed by atoms with Crippen molar-refractivity contribution in [2.24, 2.45) is 0 Å². The summed E-state index contributed by atoms with van der Waals surface area (Å²) in [5, 5.41) is 5.71. The van der Waals surface area contributed by atoms with Gasteiger partial charge in [0, 0.05) is 55.2 Å². The van der Waals surface area contributed by atoms with E-state index in [1.807, 2.05) is 55.5 Å². The maximum Gasteiger partial charge on any atom is 0.338 e. The van der Waals surface area contributed by atoms with Crippen molar-refractivity contribution in [2.45, 2.75) is 19.9 Å². The fourth-order valence-corrected chi connectivity index (χ4v) is 4.63. The van der Waals surface area contributed by atoms with Crippen molar-refractivity contribution < 1.29 is 23.9 Å². The molecule has 0 spiro atoms. The van der Waals surface area contributed by atoms with Gasteiger partial charge in [0.2, 0.25) is 0 Å². The van der Waals surface area contributed by atoms with Gasteiger partial charge in [-0.1, -0.05) is 18.2 Å². The third kappa shape index (κ3) is 5.52. The van der Waals surface area contributed by atoms with E-state index in [-0.39, 0.29) is 11.8 Å². The lowest BCUT2D eigenvalue weighted by molar-refractivity contribution is -0.136. The van der Waals surface area contributed by atoms with Gasteiger partial charge < -0.3 is 25.0 Å². The zero-order valence-corrected chi connectivity index (χ0v) is 20.9. The molecule has 2 aromatic carbocycles. The van der Waals surface area contributed by atoms with Crippen LogP contribution in [0.5, 0.6) is 5.75 Å². The number of rotatable bonds is 8. The Hall–Kier alpha value is -3.85. The van der Waals surface area contributed by atoms with E-state index in [1.54, 1.807) is 6.92 Å². The number of ketones is 1. The molecule has 9 heteroatoms. The lowest BCUT2D eigenvalue weighted by atomic mass is 9.94. The standard InChI is InChI=1S/C27H32N4O5/c1-4-36-23-8-6-5-7-21(23)25-24(26(33)35-3)22(28-27(34)29-25)17-30-13-15-31(16-14-30)20-11-9-19(10-12-20)18(2)32/h5-12,25H,4,13-17H2,1-3H3,(H2,28,29,34)/t25-/m1/s1. The van der Waals surface area contributed by atoms with E-state index < -0.39 is 12.0 Å². The lowest BCUT2D eigenvalue weighted by Gasteiger charge is -2.38. The van der Waals surface area contributed by atoms with Crippen molar-refractivity contribution in [1.29, 1.82) is 0 Å². The zero-order chi connectivity index (χ0) is 25.7. The Morgan fingerprint density at radius 1 is 1.03 bits per heavy atom. The summed E-state index contributed by atoms with van der Waals surface area (Å²) < 4.78 is 10.9. The number of amides is 2. The third-order valence-corrected chi connectivity index (χ3v) is 6.48. The molecule has 1 atom stereocenters. The summed E-state index contributed by atoms with van der Waals surface area (Å²) in [5.74, 6) is 0.155. The predicted molar refractivity (Wildman–Crippen MR) is 136 cm³/mol. The summed E-state index contributed by atoms with van der Waals surface area (Å²) in [7, 11) is 1.34. The topological polar surface area (TPSA) is 100 Å². The number of methoxy groups -OCH3 is 1. The number of hydrogen-bond acceptors (Lipinski definition) is 7. The highest BCUT2D eigenvalue weighted by Crippen LogP contribution is 2.34. The number of esters is 1. The first-order valence-electron chi connectivity index (χ1n) is 12.1. The molecule has 2 amide bonds. The molecular weight excluding hydrogens is 460 g/mol. The highest BCUT2D eigenvalue weighted by molar-refractivity contribution is 5.95. The zero-order valence-electron chi connectivity index (χ0n) is 20.9. The number of urea groups is 1. The van der Waals surface area contributed by atoms with Crippen LogP contribution in [0.2, 0.25) is 0 Å². The van der Waals surface area contributed by atoms with Crippen molar-refractivity contribution in [2.75, 3.05) is 51.3 Å². The number of benzene rings is 2. The molecule has 0 bridgehead atoms. The summed E-state index contributed by atoms with van der Waals surface area (Å²) >= 11 is 0. The molecule has 0 saturated carbocycles. The van der Waals surface area contributed by atoms with Crippen LogP contribution >= 0.6 is 0 Å². The summed E-state index contributed by atoms with van der Waals surface area (Å²) in [6.45, 7) is 7.37. The van der Waals surface area contributed by atoms with Crippen LogP contribution in [0.25, 0.3) is 0 Å². The van der Waals surface area contributed by atoms with E-state index >= 15 is 0 Å². The second-order valence-corrected chi connectivity index (χ2v) is 8.75. The van der Waals surface area contributed by atoms with E-state index in [4.69, 9.17) is 9.47 Å². The van der Waals surface area contributed by atoms with Crippen molar-refractivity contribution in [3.8, 4) is 5.75 Å². The molecule has 0 radical (unpaired) electrons. The van der Waals surface area contributed by atoms with Crippen molar-refractivity contribution in [3.05, 3.63) is 70.9 Å². The quantitative estimate of drug-likeness (QED) is 0.432. The number of hydrogen-bond donors (Lipinski definition) is 2. The number of nitrogens with one attached hydrogen (secondary N) is 2. The van der Waals surface area contributed by atoms with Crippen molar-refractivity contribution in [3.63, 3.8) is 0 Å². The van der Waals surface area contributed by atoms with Gasteiger partial charge in [0.15, 0.2) is 5.78 Å². The van der Waals surface area contributed by atoms with E-state index in [2.05, 4.69) is 20.4 Å². The second-order valence-electron chi connectivity index (χ2n) is 8.75. The van der Waals surface area contributed by atoms with Gasteiger partial charge in [0.25, 0.3) is 0 Å². The Morgan fingerprint density at radius 3 is 2.36 bits per heavy atom. The van der Waals surface area contributed by atoms with Gasteiger partial charge in [0.1, 0.15) is 5.75 Å². The Kier molecular flexibility index (Phi) is 7.90. The number of carbonyl (C=O) groups excluding carboxylic acids is 3. The third-order valence-electron chi connectivity index (χ3n) is 6.48. The van der Waals surface area contributed by atoms with Crippen LogP contribution in [0.15, 0.2) is 59.8 Å². The molecule has 2 aliphatic heterocycles. The number of Topliss-reactive ketones (excluding diaryl/α,β-unsaturated/α-hetero) is 1. The fourth-order valence-electron chi connectivity index (χ4n) is 4.63. The lowest BCUT2D eigenvalue weighted by Crippen LogP contribution is -2.51. The molecule has 0 unspecified atom stereocenters. The molecule has 2 aromatic rings. The molecule has 2 heterocycles. The van der Waals surface area contributed by atoms with Gasteiger partial charge >= 0.3 is 12.0 Å². The number of para-hydroxylation sites is 1. The molecule has 1 fully saturated rings. The summed E-state index contributed by atoms with van der Waals surface area (Å²) in [4.78, 5) is 41.6. The average molecular weight is 493 g/mol. The first kappa shape index (κ1) is 25.2. The smallest absolute Gasteiger partial charge is 0.338 e. The van der Waals surface area contributed by atoms with E-state index in [0.717, 1.165) is 31.9 Å².